The Hall–Kier alpha value is -2.27. The van der Waals surface area contributed by atoms with Crippen LogP contribution in [0, 0.1) is 0 Å². The number of aryl methyl sites for hydroxylation is 1. The fourth-order valence-electron chi connectivity index (χ4n) is 3.63. The lowest BCUT2D eigenvalue weighted by Gasteiger charge is -2.08. The van der Waals surface area contributed by atoms with Crippen molar-refractivity contribution in [2.45, 2.75) is 84.0 Å². The van der Waals surface area contributed by atoms with Crippen LogP contribution in [0.5, 0.6) is 11.5 Å². The summed E-state index contributed by atoms with van der Waals surface area (Å²) in [5.74, 6) is 0.916. The molecule has 0 fully saturated rings. The second kappa shape index (κ2) is 14.7. The summed E-state index contributed by atoms with van der Waals surface area (Å²) in [6, 6.07) is 4.52. The van der Waals surface area contributed by atoms with E-state index in [2.05, 4.69) is 19.1 Å². The van der Waals surface area contributed by atoms with Gasteiger partial charge in [-0.3, -0.25) is 4.79 Å². The number of methoxy groups -OCH3 is 1. The Balaban J connectivity index is 1.69. The van der Waals surface area contributed by atoms with Gasteiger partial charge in [0.25, 0.3) is 0 Å². The molecule has 0 amide bonds. The van der Waals surface area contributed by atoms with Gasteiger partial charge in [-0.05, 0) is 25.7 Å². The van der Waals surface area contributed by atoms with Gasteiger partial charge in [0, 0.05) is 31.7 Å². The predicted octanol–water partition coefficient (Wildman–Crippen LogP) is 6.89. The average Bonchev–Trinajstić information content (AvgIpc) is 2.75. The van der Waals surface area contributed by atoms with E-state index in [1.54, 1.807) is 6.07 Å². The van der Waals surface area contributed by atoms with Crippen LogP contribution in [0.15, 0.2) is 39.6 Å². The topological polar surface area (TPSA) is 68.9 Å². The molecule has 0 bridgehead atoms. The number of phenols is 1. The van der Waals surface area contributed by atoms with Crippen LogP contribution in [0.3, 0.4) is 0 Å². The number of fused-ring (bicyclic) bond motifs is 1. The number of rotatable bonds is 16. The Morgan fingerprint density at radius 1 is 0.935 bits per heavy atom. The highest BCUT2D eigenvalue weighted by atomic mass is 16.7. The van der Waals surface area contributed by atoms with Gasteiger partial charge >= 0.3 is 0 Å². The molecule has 31 heavy (non-hydrogen) atoms. The number of unbranched alkanes of at least 4 members (excludes halogenated alkanes) is 9. The number of hydrogen-bond acceptors (Lipinski definition) is 5. The van der Waals surface area contributed by atoms with Crippen LogP contribution in [0.2, 0.25) is 0 Å². The smallest absolute Gasteiger partial charge is 0.196 e. The molecular weight excluding hydrogens is 392 g/mol. The van der Waals surface area contributed by atoms with Gasteiger partial charge < -0.3 is 19.0 Å². The van der Waals surface area contributed by atoms with E-state index in [1.165, 1.54) is 77.0 Å². The molecule has 2 rings (SSSR count). The maximum Gasteiger partial charge on any atom is 0.196 e. The van der Waals surface area contributed by atoms with Crippen LogP contribution in [-0.4, -0.2) is 19.0 Å². The van der Waals surface area contributed by atoms with E-state index in [-0.39, 0.29) is 23.4 Å². The molecule has 1 heterocycles. The van der Waals surface area contributed by atoms with Gasteiger partial charge in [-0.1, -0.05) is 64.0 Å². The van der Waals surface area contributed by atoms with E-state index in [0.29, 0.717) is 17.1 Å². The minimum Gasteiger partial charge on any atom is -0.507 e. The monoisotopic (exact) mass is 430 g/mol. The van der Waals surface area contributed by atoms with E-state index in [9.17, 15) is 9.90 Å². The van der Waals surface area contributed by atoms with Gasteiger partial charge in [-0.2, -0.15) is 0 Å². The quantitative estimate of drug-likeness (QED) is 0.178. The number of benzene rings is 1. The van der Waals surface area contributed by atoms with Gasteiger partial charge in [0.2, 0.25) is 0 Å². The van der Waals surface area contributed by atoms with Crippen LogP contribution in [0.4, 0.5) is 0 Å². The molecule has 172 valence electrons. The first-order valence-corrected chi connectivity index (χ1v) is 11.7. The van der Waals surface area contributed by atoms with Crippen molar-refractivity contribution in [2.75, 3.05) is 13.9 Å². The number of aromatic hydroxyl groups is 1. The molecule has 1 N–H and O–H groups in total. The first kappa shape index (κ1) is 25.0. The molecule has 0 spiro atoms. The van der Waals surface area contributed by atoms with Crippen LogP contribution < -0.4 is 10.2 Å². The maximum atomic E-state index is 12.4. The van der Waals surface area contributed by atoms with Crippen LogP contribution >= 0.6 is 0 Å². The van der Waals surface area contributed by atoms with Crippen molar-refractivity contribution in [1.82, 2.24) is 0 Å². The molecule has 5 heteroatoms. The Labute approximate surface area is 186 Å². The van der Waals surface area contributed by atoms with Crippen molar-refractivity contribution >= 4 is 11.0 Å². The molecule has 5 nitrogen and oxygen atoms in total. The fraction of sp³-hybridized carbons (Fsp3) is 0.577. The lowest BCUT2D eigenvalue weighted by molar-refractivity contribution is 0.0510. The third kappa shape index (κ3) is 9.18. The van der Waals surface area contributed by atoms with E-state index in [4.69, 9.17) is 13.9 Å². The second-order valence-electron chi connectivity index (χ2n) is 8.07. The first-order chi connectivity index (χ1) is 15.2. The molecule has 1 aromatic heterocycles. The summed E-state index contributed by atoms with van der Waals surface area (Å²) >= 11 is 0. The van der Waals surface area contributed by atoms with Gasteiger partial charge in [-0.15, -0.1) is 0 Å². The standard InChI is InChI=1S/C26H38O5/c1-3-4-5-6-7-8-9-10-11-12-13-14-15-16-21-17-23(27)26-24(28)18-22(30-20-29-2)19-25(26)31-21/h6-7,17-19,28H,3-5,8-16,20H2,1-2H3/b7-6-. The van der Waals surface area contributed by atoms with Crippen molar-refractivity contribution in [3.8, 4) is 11.5 Å². The summed E-state index contributed by atoms with van der Waals surface area (Å²) in [7, 11) is 1.52. The van der Waals surface area contributed by atoms with E-state index in [1.807, 2.05) is 0 Å². The predicted molar refractivity (Wildman–Crippen MR) is 126 cm³/mol. The van der Waals surface area contributed by atoms with Gasteiger partial charge in [0.1, 0.15) is 28.2 Å². The van der Waals surface area contributed by atoms with Crippen LogP contribution in [0.25, 0.3) is 11.0 Å². The highest BCUT2D eigenvalue weighted by Crippen LogP contribution is 2.29. The zero-order valence-electron chi connectivity index (χ0n) is 19.2. The molecule has 1 aromatic carbocycles. The van der Waals surface area contributed by atoms with Crippen molar-refractivity contribution < 1.29 is 19.0 Å². The first-order valence-electron chi connectivity index (χ1n) is 11.7. The largest absolute Gasteiger partial charge is 0.507 e. The normalized spacial score (nSPS) is 11.5. The summed E-state index contributed by atoms with van der Waals surface area (Å²) in [5.41, 5.74) is 0.119. The second-order valence-corrected chi connectivity index (χ2v) is 8.07. The molecule has 0 unspecified atom stereocenters. The highest BCUT2D eigenvalue weighted by Gasteiger charge is 2.12. The van der Waals surface area contributed by atoms with E-state index in [0.717, 1.165) is 19.3 Å². The average molecular weight is 431 g/mol. The Morgan fingerprint density at radius 3 is 2.32 bits per heavy atom. The number of ether oxygens (including phenoxy) is 2. The number of allylic oxidation sites excluding steroid dienone is 2. The Bertz CT molecular complexity index is 853. The molecule has 0 aliphatic heterocycles. The van der Waals surface area contributed by atoms with Gasteiger partial charge in [0.15, 0.2) is 12.2 Å². The van der Waals surface area contributed by atoms with Gasteiger partial charge in [-0.25, -0.2) is 0 Å². The van der Waals surface area contributed by atoms with E-state index >= 15 is 0 Å². The molecule has 0 radical (unpaired) electrons. The zero-order valence-corrected chi connectivity index (χ0v) is 19.2. The lowest BCUT2D eigenvalue weighted by Crippen LogP contribution is -2.04. The number of phenolic OH excluding ortho intramolecular Hbond substituents is 1. The summed E-state index contributed by atoms with van der Waals surface area (Å²) in [6.45, 7) is 2.29. The third-order valence-electron chi connectivity index (χ3n) is 5.36. The maximum absolute atomic E-state index is 12.4. The summed E-state index contributed by atoms with van der Waals surface area (Å²) in [4.78, 5) is 12.4. The van der Waals surface area contributed by atoms with Crippen molar-refractivity contribution in [1.29, 1.82) is 0 Å². The van der Waals surface area contributed by atoms with Crippen molar-refractivity contribution in [3.63, 3.8) is 0 Å². The van der Waals surface area contributed by atoms with E-state index < -0.39 is 0 Å². The molecule has 0 aliphatic rings. The molecule has 0 saturated carbocycles. The highest BCUT2D eigenvalue weighted by molar-refractivity contribution is 5.84. The van der Waals surface area contributed by atoms with Crippen molar-refractivity contribution in [3.05, 3.63) is 46.3 Å². The minimum absolute atomic E-state index is 0.0600. The molecular formula is C26H38O5. The van der Waals surface area contributed by atoms with Crippen LogP contribution in [-0.2, 0) is 11.2 Å². The minimum atomic E-state index is -0.226. The summed E-state index contributed by atoms with van der Waals surface area (Å²) < 4.78 is 16.1. The van der Waals surface area contributed by atoms with Gasteiger partial charge in [0.05, 0.1) is 0 Å². The molecule has 0 aliphatic carbocycles. The third-order valence-corrected chi connectivity index (χ3v) is 5.36. The Morgan fingerprint density at radius 2 is 1.61 bits per heavy atom. The molecule has 0 atom stereocenters. The Kier molecular flexibility index (Phi) is 11.8. The summed E-state index contributed by atoms with van der Waals surface area (Å²) in [6.07, 6.45) is 18.8. The fourth-order valence-corrected chi connectivity index (χ4v) is 3.63. The molecule has 2 aromatic rings. The molecule has 0 saturated heterocycles. The van der Waals surface area contributed by atoms with Crippen LogP contribution in [0.1, 0.15) is 83.3 Å². The number of hydrogen-bond donors (Lipinski definition) is 1. The lowest BCUT2D eigenvalue weighted by atomic mass is 10.1. The zero-order chi connectivity index (χ0) is 22.3. The van der Waals surface area contributed by atoms with Crippen molar-refractivity contribution in [2.24, 2.45) is 0 Å². The summed E-state index contributed by atoms with van der Waals surface area (Å²) in [5, 5.41) is 10.3. The SMILES string of the molecule is CCCC/C=C\CCCCCCCCCc1cc(=O)c2c(O)cc(OCOC)cc2o1.